The number of fused-ring (bicyclic) bond motifs is 4. The molecule has 3 atom stereocenters. The van der Waals surface area contributed by atoms with Crippen LogP contribution < -0.4 is 20.4 Å². The maximum Gasteiger partial charge on any atom is 0.320 e. The van der Waals surface area contributed by atoms with Gasteiger partial charge in [-0.15, -0.1) is 10.2 Å². The van der Waals surface area contributed by atoms with E-state index in [9.17, 15) is 24.3 Å². The van der Waals surface area contributed by atoms with Gasteiger partial charge in [-0.3, -0.25) is 24.6 Å². The minimum Gasteiger partial charge on any atom is -0.507 e. The van der Waals surface area contributed by atoms with Crippen LogP contribution in [0.3, 0.4) is 0 Å². The van der Waals surface area contributed by atoms with Crippen molar-refractivity contribution in [3.63, 3.8) is 0 Å². The van der Waals surface area contributed by atoms with E-state index < -0.39 is 6.04 Å². The van der Waals surface area contributed by atoms with E-state index in [1.165, 1.54) is 0 Å². The topological polar surface area (TPSA) is 158 Å². The Morgan fingerprint density at radius 3 is 2.53 bits per heavy atom. The second-order valence-corrected chi connectivity index (χ2v) is 15.9. The second-order valence-electron chi connectivity index (χ2n) is 15.9. The van der Waals surface area contributed by atoms with Crippen LogP contribution in [0.25, 0.3) is 11.3 Å². The summed E-state index contributed by atoms with van der Waals surface area (Å²) in [6.07, 6.45) is 2.73. The fraction of sp³-hybridized carbons (Fsp3) is 0.500. The van der Waals surface area contributed by atoms with Crippen LogP contribution in [0, 0.1) is 5.92 Å². The zero-order chi connectivity index (χ0) is 37.8. The first-order chi connectivity index (χ1) is 26.7. The molecule has 3 aromatic rings. The van der Waals surface area contributed by atoms with Crippen molar-refractivity contribution < 1.29 is 24.3 Å². The van der Waals surface area contributed by atoms with Gasteiger partial charge in [0.05, 0.1) is 17.4 Å². The molecule has 55 heavy (non-hydrogen) atoms. The Hall–Kier alpha value is -5.44. The van der Waals surface area contributed by atoms with Gasteiger partial charge in [-0.25, -0.2) is 4.79 Å². The fourth-order valence-corrected chi connectivity index (χ4v) is 9.43. The van der Waals surface area contributed by atoms with Crippen molar-refractivity contribution >= 4 is 40.9 Å². The van der Waals surface area contributed by atoms with Gasteiger partial charge in [-0.05, 0) is 68.0 Å². The summed E-state index contributed by atoms with van der Waals surface area (Å²) >= 11 is 0. The molecular formula is C40H48N10O5. The molecule has 0 bridgehead atoms. The molecule has 4 fully saturated rings. The third-order valence-electron chi connectivity index (χ3n) is 12.5. The van der Waals surface area contributed by atoms with Gasteiger partial charge in [0, 0.05) is 101 Å². The van der Waals surface area contributed by atoms with E-state index in [0.29, 0.717) is 68.4 Å². The molecule has 0 saturated carbocycles. The molecule has 7 heterocycles. The first-order valence-corrected chi connectivity index (χ1v) is 19.7. The summed E-state index contributed by atoms with van der Waals surface area (Å²) in [5, 5.41) is 25.0. The zero-order valence-electron chi connectivity index (χ0n) is 31.2. The van der Waals surface area contributed by atoms with E-state index in [1.807, 2.05) is 35.2 Å². The lowest BCUT2D eigenvalue weighted by atomic mass is 9.95. The van der Waals surface area contributed by atoms with Gasteiger partial charge in [0.2, 0.25) is 11.8 Å². The summed E-state index contributed by atoms with van der Waals surface area (Å²) in [5.41, 5.74) is 4.83. The Morgan fingerprint density at radius 1 is 0.891 bits per heavy atom. The normalized spacial score (nSPS) is 24.6. The number of hydrogen-bond donors (Lipinski definition) is 3. The molecule has 4 saturated heterocycles. The van der Waals surface area contributed by atoms with Crippen molar-refractivity contribution in [1.29, 1.82) is 0 Å². The number of carbonyl (C=O) groups excluding carboxylic acids is 4. The fourth-order valence-electron chi connectivity index (χ4n) is 9.43. The maximum atomic E-state index is 13.9. The van der Waals surface area contributed by atoms with Gasteiger partial charge in [0.15, 0.2) is 5.82 Å². The SMILES string of the molecule is CC1CN(CC2CCN(c3ccc4c(c3)C(=O)N(C3CCC(=O)NC3=O)C4)CC2)CCN1C(=O)N1CCN2c3cc(-c4ccccc4O)nnc3NC[C@H]2C1. The zero-order valence-corrected chi connectivity index (χ0v) is 31.2. The van der Waals surface area contributed by atoms with Crippen LogP contribution >= 0.6 is 0 Å². The van der Waals surface area contributed by atoms with Gasteiger partial charge >= 0.3 is 6.03 Å². The number of phenols is 1. The number of aromatic nitrogens is 2. The summed E-state index contributed by atoms with van der Waals surface area (Å²) in [5.74, 6) is 0.657. The summed E-state index contributed by atoms with van der Waals surface area (Å²) in [4.78, 5) is 64.3. The second kappa shape index (κ2) is 14.3. The number of amides is 5. The number of imide groups is 1. The van der Waals surface area contributed by atoms with Gasteiger partial charge in [-0.2, -0.15) is 0 Å². The van der Waals surface area contributed by atoms with Gasteiger partial charge in [-0.1, -0.05) is 18.2 Å². The van der Waals surface area contributed by atoms with Crippen LogP contribution in [-0.2, 0) is 16.1 Å². The van der Waals surface area contributed by atoms with Crippen LogP contribution in [0.4, 0.5) is 22.0 Å². The molecule has 2 aromatic carbocycles. The molecule has 1 aromatic heterocycles. The number of nitrogens with one attached hydrogen (secondary N) is 2. The Kier molecular flexibility index (Phi) is 9.19. The van der Waals surface area contributed by atoms with Gasteiger partial charge in [0.1, 0.15) is 11.8 Å². The average molecular weight is 749 g/mol. The lowest BCUT2D eigenvalue weighted by Crippen LogP contribution is -2.63. The van der Waals surface area contributed by atoms with Crippen molar-refractivity contribution in [1.82, 2.24) is 35.1 Å². The summed E-state index contributed by atoms with van der Waals surface area (Å²) in [6.45, 7) is 10.5. The Bertz CT molecular complexity index is 2020. The molecule has 5 amide bonds. The molecule has 0 aliphatic carbocycles. The molecular weight excluding hydrogens is 701 g/mol. The number of piperidine rings is 2. The van der Waals surface area contributed by atoms with E-state index in [-0.39, 0.29) is 48.0 Å². The number of aromatic hydroxyl groups is 1. The number of rotatable bonds is 5. The molecule has 0 radical (unpaired) electrons. The Labute approximate surface area is 320 Å². The number of para-hydroxylation sites is 1. The Balaban J connectivity index is 0.753. The van der Waals surface area contributed by atoms with Crippen LogP contribution in [-0.4, -0.2) is 142 Å². The quantitative estimate of drug-likeness (QED) is 0.330. The van der Waals surface area contributed by atoms with Gasteiger partial charge in [0.25, 0.3) is 5.91 Å². The number of anilines is 3. The lowest BCUT2D eigenvalue weighted by Gasteiger charge is -2.48. The van der Waals surface area contributed by atoms with Crippen LogP contribution in [0.1, 0.15) is 48.5 Å². The monoisotopic (exact) mass is 748 g/mol. The van der Waals surface area contributed by atoms with E-state index in [1.54, 1.807) is 17.0 Å². The highest BCUT2D eigenvalue weighted by Gasteiger charge is 2.41. The predicted molar refractivity (Wildman–Crippen MR) is 206 cm³/mol. The van der Waals surface area contributed by atoms with Crippen LogP contribution in [0.5, 0.6) is 5.75 Å². The molecule has 2 unspecified atom stereocenters. The van der Waals surface area contributed by atoms with Crippen molar-refractivity contribution in [3.05, 3.63) is 59.7 Å². The minimum absolute atomic E-state index is 0.110. The number of urea groups is 1. The van der Waals surface area contributed by atoms with E-state index in [2.05, 4.69) is 53.4 Å². The maximum absolute atomic E-state index is 13.9. The standard InChI is InChI=1S/C40H48N10O5/c1-25-21-45(22-26-10-12-46(13-11-26)28-7-6-27-23-50(39(54)31(27)18-28)33-8-9-36(52)42-38(33)53)14-16-48(25)40(55)47-15-17-49-29(24-47)20-41-37-34(49)19-32(43-44-37)30-4-2-3-5-35(30)51/h2-7,18-19,25-26,29,33,51H,8-17,20-24H2,1H3,(H,41,44)(H,42,52,53)/t25?,29-,33?/m0/s1. The van der Waals surface area contributed by atoms with E-state index in [0.717, 1.165) is 68.3 Å². The van der Waals surface area contributed by atoms with Crippen molar-refractivity contribution in [3.8, 4) is 17.0 Å². The molecule has 288 valence electrons. The average Bonchev–Trinajstić information content (AvgIpc) is 3.52. The first-order valence-electron chi connectivity index (χ1n) is 19.7. The number of carbonyl (C=O) groups is 4. The molecule has 0 spiro atoms. The van der Waals surface area contributed by atoms with Crippen molar-refractivity contribution in [2.24, 2.45) is 5.92 Å². The van der Waals surface area contributed by atoms with Crippen LogP contribution in [0.15, 0.2) is 48.5 Å². The number of hydrogen-bond acceptors (Lipinski definition) is 11. The summed E-state index contributed by atoms with van der Waals surface area (Å²) < 4.78 is 0. The van der Waals surface area contributed by atoms with Crippen molar-refractivity contribution in [2.45, 2.75) is 57.3 Å². The highest BCUT2D eigenvalue weighted by atomic mass is 16.3. The summed E-state index contributed by atoms with van der Waals surface area (Å²) in [7, 11) is 0. The Morgan fingerprint density at radius 2 is 1.73 bits per heavy atom. The van der Waals surface area contributed by atoms with E-state index in [4.69, 9.17) is 0 Å². The number of benzene rings is 2. The lowest BCUT2D eigenvalue weighted by molar-refractivity contribution is -0.136. The predicted octanol–water partition coefficient (Wildman–Crippen LogP) is 2.57. The highest BCUT2D eigenvalue weighted by molar-refractivity contribution is 6.05. The summed E-state index contributed by atoms with van der Waals surface area (Å²) in [6, 6.07) is 14.9. The molecule has 15 nitrogen and oxygen atoms in total. The van der Waals surface area contributed by atoms with Gasteiger partial charge < -0.3 is 34.9 Å². The smallest absolute Gasteiger partial charge is 0.320 e. The number of nitrogens with zero attached hydrogens (tertiary/aromatic N) is 8. The molecule has 15 heteroatoms. The molecule has 6 aliphatic heterocycles. The third-order valence-corrected chi connectivity index (χ3v) is 12.5. The molecule has 6 aliphatic rings. The van der Waals surface area contributed by atoms with Crippen molar-refractivity contribution in [2.75, 3.05) is 80.6 Å². The highest BCUT2D eigenvalue weighted by Crippen LogP contribution is 2.37. The molecule has 3 N–H and O–H groups in total. The van der Waals surface area contributed by atoms with E-state index >= 15 is 0 Å². The van der Waals surface area contributed by atoms with Crippen LogP contribution in [0.2, 0.25) is 0 Å². The third kappa shape index (κ3) is 6.68. The minimum atomic E-state index is -0.605. The first kappa shape index (κ1) is 35.3. The number of phenolic OH excluding ortho intramolecular Hbond substituents is 1. The molecule has 9 rings (SSSR count). The number of piperazine rings is 2. The largest absolute Gasteiger partial charge is 0.507 e.